The van der Waals surface area contributed by atoms with Crippen molar-refractivity contribution in [3.63, 3.8) is 0 Å². The van der Waals surface area contributed by atoms with Crippen LogP contribution in [0.25, 0.3) is 0 Å². The van der Waals surface area contributed by atoms with Crippen molar-refractivity contribution in [1.82, 2.24) is 4.90 Å². The third-order valence-corrected chi connectivity index (χ3v) is 4.05. The minimum Gasteiger partial charge on any atom is -0.445 e. The predicted molar refractivity (Wildman–Crippen MR) is 85.8 cm³/mol. The molecule has 0 saturated carbocycles. The molecule has 1 aromatic carbocycles. The van der Waals surface area contributed by atoms with Crippen LogP contribution in [0.4, 0.5) is 4.79 Å². The fourth-order valence-electron chi connectivity index (χ4n) is 2.71. The summed E-state index contributed by atoms with van der Waals surface area (Å²) in [5.41, 5.74) is 2.10. The van der Waals surface area contributed by atoms with E-state index in [1.807, 2.05) is 36.4 Å². The molecule has 1 aromatic rings. The number of carbonyl (C=O) groups is 1. The summed E-state index contributed by atoms with van der Waals surface area (Å²) in [5.74, 6) is 0. The Morgan fingerprint density at radius 2 is 2.09 bits per heavy atom. The van der Waals surface area contributed by atoms with Gasteiger partial charge in [0.25, 0.3) is 0 Å². The zero-order chi connectivity index (χ0) is 15.9. The SMILES string of the molecule is O=C(OCc1ccccc1)N1CC=C(COC2CCCCO2)C1. The Morgan fingerprint density at radius 1 is 1.22 bits per heavy atom. The lowest BCUT2D eigenvalue weighted by molar-refractivity contribution is -0.157. The molecule has 124 valence electrons. The molecule has 0 spiro atoms. The Balaban J connectivity index is 1.37. The van der Waals surface area contributed by atoms with E-state index in [0.29, 0.717) is 26.3 Å². The van der Waals surface area contributed by atoms with Gasteiger partial charge in [-0.25, -0.2) is 4.79 Å². The molecule has 5 heteroatoms. The molecule has 0 aromatic heterocycles. The van der Waals surface area contributed by atoms with Gasteiger partial charge in [-0.15, -0.1) is 0 Å². The number of rotatable bonds is 5. The van der Waals surface area contributed by atoms with Gasteiger partial charge in [0, 0.05) is 19.7 Å². The fourth-order valence-corrected chi connectivity index (χ4v) is 2.71. The van der Waals surface area contributed by atoms with Gasteiger partial charge < -0.3 is 19.1 Å². The lowest BCUT2D eigenvalue weighted by Crippen LogP contribution is -2.30. The van der Waals surface area contributed by atoms with Gasteiger partial charge in [-0.3, -0.25) is 0 Å². The summed E-state index contributed by atoms with van der Waals surface area (Å²) in [6.45, 7) is 2.75. The van der Waals surface area contributed by atoms with Gasteiger partial charge in [-0.05, 0) is 30.4 Å². The van der Waals surface area contributed by atoms with E-state index in [1.165, 1.54) is 0 Å². The highest BCUT2D eigenvalue weighted by atomic mass is 16.7. The van der Waals surface area contributed by atoms with Crippen LogP contribution >= 0.6 is 0 Å². The molecule has 23 heavy (non-hydrogen) atoms. The molecule has 0 radical (unpaired) electrons. The second-order valence-corrected chi connectivity index (χ2v) is 5.89. The number of amides is 1. The first-order valence-corrected chi connectivity index (χ1v) is 8.18. The Labute approximate surface area is 136 Å². The van der Waals surface area contributed by atoms with Crippen molar-refractivity contribution < 1.29 is 19.0 Å². The number of ether oxygens (including phenoxy) is 3. The van der Waals surface area contributed by atoms with Gasteiger partial charge in [-0.2, -0.15) is 0 Å². The minimum absolute atomic E-state index is 0.0938. The molecule has 2 aliphatic heterocycles. The smallest absolute Gasteiger partial charge is 0.410 e. The first-order valence-electron chi connectivity index (χ1n) is 8.18. The van der Waals surface area contributed by atoms with E-state index in [-0.39, 0.29) is 12.4 Å². The van der Waals surface area contributed by atoms with Crippen molar-refractivity contribution in [2.45, 2.75) is 32.2 Å². The van der Waals surface area contributed by atoms with E-state index >= 15 is 0 Å². The second kappa shape index (κ2) is 8.13. The zero-order valence-corrected chi connectivity index (χ0v) is 13.3. The highest BCUT2D eigenvalue weighted by Gasteiger charge is 2.22. The molecule has 0 N–H and O–H groups in total. The van der Waals surface area contributed by atoms with Gasteiger partial charge in [0.1, 0.15) is 6.61 Å². The summed E-state index contributed by atoms with van der Waals surface area (Å²) >= 11 is 0. The van der Waals surface area contributed by atoms with E-state index in [1.54, 1.807) is 4.90 Å². The van der Waals surface area contributed by atoms with Crippen molar-refractivity contribution in [2.24, 2.45) is 0 Å². The fraction of sp³-hybridized carbons (Fsp3) is 0.500. The van der Waals surface area contributed by atoms with E-state index in [0.717, 1.165) is 37.0 Å². The monoisotopic (exact) mass is 317 g/mol. The summed E-state index contributed by atoms with van der Waals surface area (Å²) in [6.07, 6.45) is 4.88. The van der Waals surface area contributed by atoms with Crippen LogP contribution in [0.1, 0.15) is 24.8 Å². The Morgan fingerprint density at radius 3 is 2.87 bits per heavy atom. The minimum atomic E-state index is -0.283. The molecule has 0 aliphatic carbocycles. The summed E-state index contributed by atoms with van der Waals surface area (Å²) < 4.78 is 16.6. The molecular weight excluding hydrogens is 294 g/mol. The number of benzene rings is 1. The molecular formula is C18H23NO4. The average Bonchev–Trinajstić information content (AvgIpc) is 3.09. The van der Waals surface area contributed by atoms with Crippen LogP contribution in [0.5, 0.6) is 0 Å². The second-order valence-electron chi connectivity index (χ2n) is 5.89. The van der Waals surface area contributed by atoms with Crippen molar-refractivity contribution >= 4 is 6.09 Å². The largest absolute Gasteiger partial charge is 0.445 e. The Hall–Kier alpha value is -1.85. The van der Waals surface area contributed by atoms with Crippen LogP contribution in [0, 0.1) is 0 Å². The van der Waals surface area contributed by atoms with Gasteiger partial charge in [0.15, 0.2) is 6.29 Å². The molecule has 5 nitrogen and oxygen atoms in total. The number of carbonyl (C=O) groups excluding carboxylic acids is 1. The summed E-state index contributed by atoms with van der Waals surface area (Å²) in [7, 11) is 0. The maximum absolute atomic E-state index is 12.1. The van der Waals surface area contributed by atoms with Crippen molar-refractivity contribution in [3.05, 3.63) is 47.5 Å². The third-order valence-electron chi connectivity index (χ3n) is 4.05. The first-order chi connectivity index (χ1) is 11.3. The molecule has 1 amide bonds. The Bertz CT molecular complexity index is 537. The van der Waals surface area contributed by atoms with Crippen molar-refractivity contribution in [2.75, 3.05) is 26.3 Å². The number of hydrogen-bond acceptors (Lipinski definition) is 4. The zero-order valence-electron chi connectivity index (χ0n) is 13.3. The van der Waals surface area contributed by atoms with E-state index in [4.69, 9.17) is 14.2 Å². The summed E-state index contributed by atoms with van der Waals surface area (Å²) in [5, 5.41) is 0. The van der Waals surface area contributed by atoms with Gasteiger partial charge in [0.05, 0.1) is 6.61 Å². The quantitative estimate of drug-likeness (QED) is 0.783. The van der Waals surface area contributed by atoms with Crippen molar-refractivity contribution in [3.8, 4) is 0 Å². The maximum Gasteiger partial charge on any atom is 0.410 e. The molecule has 1 atom stereocenters. The van der Waals surface area contributed by atoms with Crippen LogP contribution in [0.2, 0.25) is 0 Å². The normalized spacial score (nSPS) is 21.1. The summed E-state index contributed by atoms with van der Waals surface area (Å²) in [6, 6.07) is 9.70. The molecule has 2 heterocycles. The standard InChI is InChI=1S/C18H23NO4/c20-18(23-13-15-6-2-1-3-7-15)19-10-9-16(12-19)14-22-17-8-4-5-11-21-17/h1-3,6-7,9,17H,4-5,8,10-14H2. The highest BCUT2D eigenvalue weighted by molar-refractivity contribution is 5.69. The first kappa shape index (κ1) is 16.0. The molecule has 1 unspecified atom stereocenters. The van der Waals surface area contributed by atoms with Gasteiger partial charge >= 0.3 is 6.09 Å². The summed E-state index contributed by atoms with van der Waals surface area (Å²) in [4.78, 5) is 13.8. The third kappa shape index (κ3) is 4.81. The van der Waals surface area contributed by atoms with Crippen LogP contribution < -0.4 is 0 Å². The molecule has 0 bridgehead atoms. The van der Waals surface area contributed by atoms with Crippen LogP contribution in [-0.2, 0) is 20.8 Å². The van der Waals surface area contributed by atoms with Gasteiger partial charge in [0.2, 0.25) is 0 Å². The van der Waals surface area contributed by atoms with Gasteiger partial charge in [-0.1, -0.05) is 36.4 Å². The molecule has 3 rings (SSSR count). The molecule has 2 aliphatic rings. The lowest BCUT2D eigenvalue weighted by Gasteiger charge is -2.23. The lowest BCUT2D eigenvalue weighted by atomic mass is 10.2. The highest BCUT2D eigenvalue weighted by Crippen LogP contribution is 2.17. The number of hydrogen-bond donors (Lipinski definition) is 0. The number of nitrogens with zero attached hydrogens (tertiary/aromatic N) is 1. The topological polar surface area (TPSA) is 48.0 Å². The molecule has 1 fully saturated rings. The Kier molecular flexibility index (Phi) is 5.66. The van der Waals surface area contributed by atoms with Crippen LogP contribution in [0.15, 0.2) is 42.0 Å². The van der Waals surface area contributed by atoms with Crippen LogP contribution in [-0.4, -0.2) is 43.6 Å². The maximum atomic E-state index is 12.1. The average molecular weight is 317 g/mol. The molecule has 1 saturated heterocycles. The van der Waals surface area contributed by atoms with Crippen molar-refractivity contribution in [1.29, 1.82) is 0 Å². The van der Waals surface area contributed by atoms with Crippen LogP contribution in [0.3, 0.4) is 0 Å². The van der Waals surface area contributed by atoms with E-state index in [9.17, 15) is 4.79 Å². The van der Waals surface area contributed by atoms with E-state index < -0.39 is 0 Å². The predicted octanol–water partition coefficient (Wildman–Crippen LogP) is 3.11. The van der Waals surface area contributed by atoms with E-state index in [2.05, 4.69) is 0 Å².